The fraction of sp³-hybridized carbons (Fsp3) is 0.240. The minimum absolute atomic E-state index is 0.0387. The summed E-state index contributed by atoms with van der Waals surface area (Å²) in [6.45, 7) is 3.72. The number of thiazole rings is 1. The van der Waals surface area contributed by atoms with E-state index in [-0.39, 0.29) is 11.3 Å². The van der Waals surface area contributed by atoms with Crippen LogP contribution in [0.2, 0.25) is 0 Å². The summed E-state index contributed by atoms with van der Waals surface area (Å²) in [4.78, 5) is 32.1. The molecule has 1 atom stereocenters. The van der Waals surface area contributed by atoms with Gasteiger partial charge in [-0.05, 0) is 43.2 Å². The topological polar surface area (TPSA) is 98.2 Å². The van der Waals surface area contributed by atoms with E-state index in [9.17, 15) is 14.7 Å². The SMILES string of the molecule is COc1cc(C2C(=C(O)c3cc(C)ccc3C)C(=O)C(=O)N2c2nccs2)cc(OC)c1OC. The van der Waals surface area contributed by atoms with Crippen molar-refractivity contribution in [3.05, 3.63) is 69.7 Å². The number of aryl methyl sites for hydroxylation is 2. The first kappa shape index (κ1) is 23.3. The van der Waals surface area contributed by atoms with Crippen LogP contribution in [0.1, 0.15) is 28.3 Å². The average molecular weight is 481 g/mol. The Morgan fingerprint density at radius 1 is 1.03 bits per heavy atom. The lowest BCUT2D eigenvalue weighted by atomic mass is 9.93. The molecule has 0 aliphatic carbocycles. The minimum atomic E-state index is -0.959. The van der Waals surface area contributed by atoms with Gasteiger partial charge in [0.2, 0.25) is 5.75 Å². The van der Waals surface area contributed by atoms with Crippen LogP contribution in [0.25, 0.3) is 5.76 Å². The second kappa shape index (κ2) is 9.18. The fourth-order valence-corrected chi connectivity index (χ4v) is 4.74. The number of aliphatic hydroxyl groups is 1. The van der Waals surface area contributed by atoms with Gasteiger partial charge in [-0.2, -0.15) is 0 Å². The number of nitrogens with zero attached hydrogens (tertiary/aromatic N) is 2. The van der Waals surface area contributed by atoms with Crippen molar-refractivity contribution in [2.24, 2.45) is 0 Å². The number of carbonyl (C=O) groups is 2. The fourth-order valence-electron chi connectivity index (χ4n) is 4.08. The molecule has 4 rings (SSSR count). The summed E-state index contributed by atoms with van der Waals surface area (Å²) < 4.78 is 16.4. The molecule has 3 aromatic rings. The molecule has 2 aromatic carbocycles. The van der Waals surface area contributed by atoms with Crippen LogP contribution in [-0.2, 0) is 9.59 Å². The summed E-state index contributed by atoms with van der Waals surface area (Å²) in [5, 5.41) is 13.4. The van der Waals surface area contributed by atoms with Crippen molar-refractivity contribution in [1.29, 1.82) is 0 Å². The van der Waals surface area contributed by atoms with Gasteiger partial charge in [-0.1, -0.05) is 17.7 Å². The standard InChI is InChI=1S/C25H24N2O6S/c1-13-6-7-14(2)16(10-13)21(28)19-20(27(24(30)22(19)29)25-26-8-9-34-25)15-11-17(31-3)23(33-5)18(12-15)32-4/h6-12,20,28H,1-5H3. The number of aliphatic hydroxyl groups excluding tert-OH is 1. The maximum absolute atomic E-state index is 13.3. The lowest BCUT2D eigenvalue weighted by Crippen LogP contribution is -2.29. The van der Waals surface area contributed by atoms with E-state index in [2.05, 4.69) is 4.98 Å². The Bertz CT molecular complexity index is 1270. The Hall–Kier alpha value is -3.85. The zero-order chi connectivity index (χ0) is 24.6. The maximum Gasteiger partial charge on any atom is 0.301 e. The van der Waals surface area contributed by atoms with Crippen LogP contribution in [0.15, 0.2) is 47.5 Å². The van der Waals surface area contributed by atoms with Gasteiger partial charge in [-0.15, -0.1) is 11.3 Å². The van der Waals surface area contributed by atoms with E-state index in [4.69, 9.17) is 14.2 Å². The van der Waals surface area contributed by atoms with Crippen molar-refractivity contribution in [3.8, 4) is 17.2 Å². The molecule has 1 N–H and O–H groups in total. The molecular formula is C25H24N2O6S. The highest BCUT2D eigenvalue weighted by molar-refractivity contribution is 7.14. The van der Waals surface area contributed by atoms with Crippen molar-refractivity contribution in [2.45, 2.75) is 19.9 Å². The number of ketones is 1. The number of hydrogen-bond acceptors (Lipinski definition) is 8. The van der Waals surface area contributed by atoms with Gasteiger partial charge in [-0.25, -0.2) is 4.98 Å². The first-order valence-corrected chi connectivity index (χ1v) is 11.3. The Morgan fingerprint density at radius 3 is 2.26 bits per heavy atom. The Labute approximate surface area is 201 Å². The normalized spacial score (nSPS) is 17.2. The first-order chi connectivity index (χ1) is 16.3. The summed E-state index contributed by atoms with van der Waals surface area (Å²) in [7, 11) is 4.45. The molecule has 1 fully saturated rings. The van der Waals surface area contributed by atoms with E-state index in [0.29, 0.717) is 33.5 Å². The number of methoxy groups -OCH3 is 3. The number of carbonyl (C=O) groups excluding carboxylic acids is 2. The molecular weight excluding hydrogens is 456 g/mol. The van der Waals surface area contributed by atoms with Gasteiger partial charge in [0.25, 0.3) is 5.78 Å². The molecule has 176 valence electrons. The number of hydrogen-bond donors (Lipinski definition) is 1. The Balaban J connectivity index is 2.03. The van der Waals surface area contributed by atoms with E-state index < -0.39 is 17.7 Å². The van der Waals surface area contributed by atoms with Crippen LogP contribution in [0, 0.1) is 13.8 Å². The molecule has 1 aliphatic heterocycles. The lowest BCUT2D eigenvalue weighted by molar-refractivity contribution is -0.132. The molecule has 1 saturated heterocycles. The number of aromatic nitrogens is 1. The summed E-state index contributed by atoms with van der Waals surface area (Å²) in [5.41, 5.74) is 2.62. The van der Waals surface area contributed by atoms with Gasteiger partial charge in [0.1, 0.15) is 5.76 Å². The van der Waals surface area contributed by atoms with Crippen molar-refractivity contribution in [1.82, 2.24) is 4.98 Å². The highest BCUT2D eigenvalue weighted by Crippen LogP contribution is 2.47. The van der Waals surface area contributed by atoms with Gasteiger partial charge < -0.3 is 19.3 Å². The third-order valence-electron chi connectivity index (χ3n) is 5.72. The van der Waals surface area contributed by atoms with E-state index in [1.807, 2.05) is 26.0 Å². The second-order valence-electron chi connectivity index (χ2n) is 7.76. The maximum atomic E-state index is 13.3. The quantitative estimate of drug-likeness (QED) is 0.317. The van der Waals surface area contributed by atoms with Crippen LogP contribution in [0.5, 0.6) is 17.2 Å². The molecule has 34 heavy (non-hydrogen) atoms. The molecule has 8 nitrogen and oxygen atoms in total. The summed E-state index contributed by atoms with van der Waals surface area (Å²) in [5.74, 6) is -0.749. The zero-order valence-electron chi connectivity index (χ0n) is 19.4. The van der Waals surface area contributed by atoms with Gasteiger partial charge in [0.05, 0.1) is 32.9 Å². The summed E-state index contributed by atoms with van der Waals surface area (Å²) in [6, 6.07) is 7.92. The molecule has 0 radical (unpaired) electrons. The molecule has 1 unspecified atom stereocenters. The monoisotopic (exact) mass is 480 g/mol. The summed E-state index contributed by atoms with van der Waals surface area (Å²) >= 11 is 1.22. The van der Waals surface area contributed by atoms with E-state index in [1.165, 1.54) is 37.6 Å². The van der Waals surface area contributed by atoms with Gasteiger partial charge >= 0.3 is 5.91 Å². The second-order valence-corrected chi connectivity index (χ2v) is 8.63. The van der Waals surface area contributed by atoms with Crippen LogP contribution in [0.3, 0.4) is 0 Å². The van der Waals surface area contributed by atoms with Crippen LogP contribution >= 0.6 is 11.3 Å². The van der Waals surface area contributed by atoms with E-state index >= 15 is 0 Å². The van der Waals surface area contributed by atoms with E-state index in [1.54, 1.807) is 29.8 Å². The first-order valence-electron chi connectivity index (χ1n) is 10.4. The number of anilines is 1. The lowest BCUT2D eigenvalue weighted by Gasteiger charge is -2.24. The molecule has 0 spiro atoms. The number of rotatable bonds is 6. The molecule has 1 amide bonds. The van der Waals surface area contributed by atoms with Crippen molar-refractivity contribution < 1.29 is 28.9 Å². The number of benzene rings is 2. The smallest absolute Gasteiger partial charge is 0.301 e. The number of ether oxygens (including phenoxy) is 3. The summed E-state index contributed by atoms with van der Waals surface area (Å²) in [6.07, 6.45) is 1.55. The van der Waals surface area contributed by atoms with E-state index in [0.717, 1.165) is 11.1 Å². The number of Topliss-reactive ketones (excluding diaryl/α,β-unsaturated/α-hetero) is 1. The largest absolute Gasteiger partial charge is 0.507 e. The zero-order valence-corrected chi connectivity index (χ0v) is 20.2. The molecule has 0 bridgehead atoms. The highest BCUT2D eigenvalue weighted by Gasteiger charge is 2.48. The predicted molar refractivity (Wildman–Crippen MR) is 129 cm³/mol. The van der Waals surface area contributed by atoms with Gasteiger partial charge in [0.15, 0.2) is 16.6 Å². The molecule has 2 heterocycles. The van der Waals surface area contributed by atoms with Crippen molar-refractivity contribution >= 4 is 33.9 Å². The van der Waals surface area contributed by atoms with Gasteiger partial charge in [0, 0.05) is 17.1 Å². The Kier molecular flexibility index (Phi) is 6.30. The van der Waals surface area contributed by atoms with Gasteiger partial charge in [-0.3, -0.25) is 14.5 Å². The predicted octanol–water partition coefficient (Wildman–Crippen LogP) is 4.41. The number of amides is 1. The molecule has 1 aromatic heterocycles. The third kappa shape index (κ3) is 3.77. The Morgan fingerprint density at radius 2 is 1.71 bits per heavy atom. The van der Waals surface area contributed by atoms with Crippen molar-refractivity contribution in [2.75, 3.05) is 26.2 Å². The third-order valence-corrected chi connectivity index (χ3v) is 6.49. The van der Waals surface area contributed by atoms with Crippen LogP contribution in [-0.4, -0.2) is 43.1 Å². The minimum Gasteiger partial charge on any atom is -0.507 e. The average Bonchev–Trinajstić information content (AvgIpc) is 3.45. The highest BCUT2D eigenvalue weighted by atomic mass is 32.1. The molecule has 0 saturated carbocycles. The molecule has 1 aliphatic rings. The van der Waals surface area contributed by atoms with Crippen LogP contribution < -0.4 is 19.1 Å². The molecule has 9 heteroatoms. The van der Waals surface area contributed by atoms with Crippen LogP contribution in [0.4, 0.5) is 5.13 Å². The van der Waals surface area contributed by atoms with Crippen molar-refractivity contribution in [3.63, 3.8) is 0 Å².